The molecule has 0 aliphatic rings. The fourth-order valence-electron chi connectivity index (χ4n) is 2.25. The van der Waals surface area contributed by atoms with E-state index >= 15 is 0 Å². The summed E-state index contributed by atoms with van der Waals surface area (Å²) >= 11 is 6.72. The third kappa shape index (κ3) is 3.18. The van der Waals surface area contributed by atoms with Crippen LogP contribution in [0.5, 0.6) is 5.75 Å². The highest BCUT2D eigenvalue weighted by Crippen LogP contribution is 2.33. The van der Waals surface area contributed by atoms with Gasteiger partial charge >= 0.3 is 5.69 Å². The molecule has 0 spiro atoms. The Morgan fingerprint density at radius 3 is 2.61 bits per heavy atom. The van der Waals surface area contributed by atoms with Crippen LogP contribution in [0.15, 0.2) is 44.1 Å². The number of methoxy groups -OCH3 is 1. The minimum atomic E-state index is -0.318. The number of carbonyl (C=O) groups excluding carboxylic acids is 1. The summed E-state index contributed by atoms with van der Waals surface area (Å²) in [7, 11) is 1.50. The maximum Gasteiger partial charge on any atom is 0.323 e. The van der Waals surface area contributed by atoms with Crippen molar-refractivity contribution in [3.63, 3.8) is 0 Å². The zero-order chi connectivity index (χ0) is 16.6. The Kier molecular flexibility index (Phi) is 4.27. The molecule has 0 aliphatic carbocycles. The van der Waals surface area contributed by atoms with Crippen LogP contribution < -0.4 is 15.7 Å². The first-order chi connectivity index (χ1) is 11.0. The number of hydrogen-bond acceptors (Lipinski definition) is 3. The van der Waals surface area contributed by atoms with Crippen LogP contribution in [-0.4, -0.2) is 23.0 Å². The third-order valence-electron chi connectivity index (χ3n) is 3.23. The summed E-state index contributed by atoms with van der Waals surface area (Å²) in [4.78, 5) is 29.1. The van der Waals surface area contributed by atoms with Crippen molar-refractivity contribution < 1.29 is 9.53 Å². The molecule has 0 atom stereocenters. The smallest absolute Gasteiger partial charge is 0.323 e. The zero-order valence-electron chi connectivity index (χ0n) is 11.9. The third-order valence-corrected chi connectivity index (χ3v) is 4.28. The standard InChI is InChI=1S/C15H11Br2N3O3/c1-23-13-9(4-7(16)5-10(13)17)14(21)18-8-2-3-11-12(6-8)20-15(22)19-11/h2-6H,1H3,(H,18,21)(H2,19,20,22). The van der Waals surface area contributed by atoms with E-state index in [-0.39, 0.29) is 11.6 Å². The number of hydrogen-bond donors (Lipinski definition) is 3. The molecule has 0 saturated carbocycles. The monoisotopic (exact) mass is 439 g/mol. The molecular formula is C15H11Br2N3O3. The summed E-state index contributed by atoms with van der Waals surface area (Å²) in [6.45, 7) is 0. The molecule has 1 heterocycles. The van der Waals surface area contributed by atoms with Crippen molar-refractivity contribution in [2.24, 2.45) is 0 Å². The molecule has 1 aromatic heterocycles. The second kappa shape index (κ2) is 6.21. The van der Waals surface area contributed by atoms with Crippen molar-refractivity contribution in [1.29, 1.82) is 0 Å². The van der Waals surface area contributed by atoms with Gasteiger partial charge in [-0.3, -0.25) is 4.79 Å². The van der Waals surface area contributed by atoms with E-state index in [9.17, 15) is 9.59 Å². The molecular weight excluding hydrogens is 430 g/mol. The Morgan fingerprint density at radius 2 is 1.87 bits per heavy atom. The first-order valence-corrected chi connectivity index (χ1v) is 8.13. The van der Waals surface area contributed by atoms with E-state index in [1.165, 1.54) is 7.11 Å². The second-order valence-corrected chi connectivity index (χ2v) is 6.53. The van der Waals surface area contributed by atoms with Gasteiger partial charge in [-0.25, -0.2) is 4.79 Å². The fourth-order valence-corrected chi connectivity index (χ4v) is 3.63. The molecule has 3 rings (SSSR count). The lowest BCUT2D eigenvalue weighted by Gasteiger charge is -2.11. The predicted octanol–water partition coefficient (Wildman–Crippen LogP) is 3.64. The number of anilines is 1. The van der Waals surface area contributed by atoms with Gasteiger partial charge in [0.2, 0.25) is 0 Å². The van der Waals surface area contributed by atoms with Crippen molar-refractivity contribution >= 4 is 54.5 Å². The number of amides is 1. The van der Waals surface area contributed by atoms with Crippen molar-refractivity contribution in [1.82, 2.24) is 9.97 Å². The highest BCUT2D eigenvalue weighted by molar-refractivity contribution is 9.11. The van der Waals surface area contributed by atoms with Gasteiger partial charge in [0.15, 0.2) is 0 Å². The molecule has 1 amide bonds. The van der Waals surface area contributed by atoms with Gasteiger partial charge in [0.25, 0.3) is 5.91 Å². The van der Waals surface area contributed by atoms with E-state index in [0.717, 1.165) is 4.47 Å². The Labute approximate surface area is 147 Å². The lowest BCUT2D eigenvalue weighted by Crippen LogP contribution is -2.13. The second-order valence-electron chi connectivity index (χ2n) is 4.76. The van der Waals surface area contributed by atoms with Crippen LogP contribution in [0.4, 0.5) is 5.69 Å². The number of rotatable bonds is 3. The van der Waals surface area contributed by atoms with Gasteiger partial charge in [-0.1, -0.05) is 15.9 Å². The van der Waals surface area contributed by atoms with Crippen LogP contribution in [0.25, 0.3) is 11.0 Å². The molecule has 118 valence electrons. The van der Waals surface area contributed by atoms with Gasteiger partial charge in [0, 0.05) is 10.2 Å². The highest BCUT2D eigenvalue weighted by atomic mass is 79.9. The number of fused-ring (bicyclic) bond motifs is 1. The average molecular weight is 441 g/mol. The SMILES string of the molecule is COc1c(Br)cc(Br)cc1C(=O)Nc1ccc2[nH]c(=O)[nH]c2c1. The minimum Gasteiger partial charge on any atom is -0.495 e. The first-order valence-electron chi connectivity index (χ1n) is 6.54. The van der Waals surface area contributed by atoms with E-state index in [4.69, 9.17) is 4.74 Å². The highest BCUT2D eigenvalue weighted by Gasteiger charge is 2.16. The Hall–Kier alpha value is -2.06. The van der Waals surface area contributed by atoms with Gasteiger partial charge in [-0.05, 0) is 46.3 Å². The molecule has 3 aromatic rings. The summed E-state index contributed by atoms with van der Waals surface area (Å²) < 4.78 is 6.70. The topological polar surface area (TPSA) is 87.0 Å². The van der Waals surface area contributed by atoms with Gasteiger partial charge in [-0.15, -0.1) is 0 Å². The summed E-state index contributed by atoms with van der Waals surface area (Å²) in [6, 6.07) is 8.59. The van der Waals surface area contributed by atoms with Crippen LogP contribution >= 0.6 is 31.9 Å². The van der Waals surface area contributed by atoms with Gasteiger partial charge in [0.05, 0.1) is 28.2 Å². The zero-order valence-corrected chi connectivity index (χ0v) is 15.0. The van der Waals surface area contributed by atoms with E-state index < -0.39 is 0 Å². The maximum atomic E-state index is 12.5. The molecule has 0 bridgehead atoms. The summed E-state index contributed by atoms with van der Waals surface area (Å²) in [5.41, 5.74) is 1.96. The number of benzene rings is 2. The summed E-state index contributed by atoms with van der Waals surface area (Å²) in [6.07, 6.45) is 0. The van der Waals surface area contributed by atoms with Crippen LogP contribution in [-0.2, 0) is 0 Å². The normalized spacial score (nSPS) is 10.7. The number of H-pyrrole nitrogens is 2. The number of carbonyl (C=O) groups is 1. The van der Waals surface area contributed by atoms with Gasteiger partial charge in [0.1, 0.15) is 5.75 Å². The number of nitrogens with one attached hydrogen (secondary N) is 3. The number of imidazole rings is 1. The molecule has 23 heavy (non-hydrogen) atoms. The van der Waals surface area contributed by atoms with Crippen molar-refractivity contribution in [2.45, 2.75) is 0 Å². The predicted molar refractivity (Wildman–Crippen MR) is 95.3 cm³/mol. The van der Waals surface area contributed by atoms with E-state index in [2.05, 4.69) is 47.1 Å². The number of ether oxygens (including phenoxy) is 1. The quantitative estimate of drug-likeness (QED) is 0.581. The maximum absolute atomic E-state index is 12.5. The molecule has 0 saturated heterocycles. The van der Waals surface area contributed by atoms with Crippen LogP contribution in [0.3, 0.4) is 0 Å². The van der Waals surface area contributed by atoms with Crippen molar-refractivity contribution in [3.05, 3.63) is 55.3 Å². The van der Waals surface area contributed by atoms with Gasteiger partial charge in [-0.2, -0.15) is 0 Å². The van der Waals surface area contributed by atoms with E-state index in [1.54, 1.807) is 30.3 Å². The lowest BCUT2D eigenvalue weighted by atomic mass is 10.1. The minimum absolute atomic E-state index is 0.291. The molecule has 8 heteroatoms. The molecule has 0 aliphatic heterocycles. The van der Waals surface area contributed by atoms with Crippen LogP contribution in [0.1, 0.15) is 10.4 Å². The average Bonchev–Trinajstić information content (AvgIpc) is 2.85. The summed E-state index contributed by atoms with van der Waals surface area (Å²) in [5.74, 6) is 0.128. The first kappa shape index (κ1) is 15.8. The van der Waals surface area contributed by atoms with E-state index in [1.807, 2.05) is 0 Å². The van der Waals surface area contributed by atoms with Gasteiger partial charge < -0.3 is 20.0 Å². The number of aromatic amines is 2. The molecule has 0 unspecified atom stereocenters. The molecule has 2 aromatic carbocycles. The fraction of sp³-hybridized carbons (Fsp3) is 0.0667. The molecule has 0 radical (unpaired) electrons. The number of halogens is 2. The molecule has 3 N–H and O–H groups in total. The van der Waals surface area contributed by atoms with Crippen molar-refractivity contribution in [3.8, 4) is 5.75 Å². The molecule has 0 fully saturated rings. The largest absolute Gasteiger partial charge is 0.495 e. The lowest BCUT2D eigenvalue weighted by molar-refractivity contribution is 0.102. The van der Waals surface area contributed by atoms with Crippen LogP contribution in [0, 0.1) is 0 Å². The number of aromatic nitrogens is 2. The summed E-state index contributed by atoms with van der Waals surface area (Å²) in [5, 5.41) is 2.79. The Bertz CT molecular complexity index is 962. The Balaban J connectivity index is 1.95. The van der Waals surface area contributed by atoms with Crippen LogP contribution in [0.2, 0.25) is 0 Å². The van der Waals surface area contributed by atoms with Crippen molar-refractivity contribution in [2.75, 3.05) is 12.4 Å². The Morgan fingerprint density at radius 1 is 1.13 bits per heavy atom. The van der Waals surface area contributed by atoms with E-state index in [0.29, 0.717) is 32.5 Å². The molecule has 6 nitrogen and oxygen atoms in total.